The van der Waals surface area contributed by atoms with Gasteiger partial charge in [-0.25, -0.2) is 8.42 Å². The number of aliphatic hydroxyl groups excluding tert-OH is 1. The zero-order chi connectivity index (χ0) is 15.9. The Hall–Kier alpha value is -1.81. The molecule has 0 saturated carbocycles. The van der Waals surface area contributed by atoms with Crippen molar-refractivity contribution in [2.45, 2.75) is 11.3 Å². The van der Waals surface area contributed by atoms with E-state index in [2.05, 4.69) is 0 Å². The number of rotatable bonds is 4. The molecule has 9 heteroatoms. The summed E-state index contributed by atoms with van der Waals surface area (Å²) in [5.74, 6) is 0. The maximum atomic E-state index is 10.5. The highest BCUT2D eigenvalue weighted by molar-refractivity contribution is 7.85. The van der Waals surface area contributed by atoms with E-state index in [1.165, 1.54) is 17.0 Å². The second-order valence-electron chi connectivity index (χ2n) is 3.73. The van der Waals surface area contributed by atoms with Crippen molar-refractivity contribution < 1.29 is 23.0 Å². The molecule has 0 aliphatic carbocycles. The fraction of sp³-hybridized carbons (Fsp3) is 0.167. The summed E-state index contributed by atoms with van der Waals surface area (Å²) in [5, 5.41) is 20.7. The molecule has 0 bridgehead atoms. The molecule has 0 radical (unpaired) electrons. The number of thiophene rings is 1. The third-order valence-corrected chi connectivity index (χ3v) is 4.09. The Balaban J connectivity index is 0.000000235. The average molecular weight is 330 g/mol. The molecule has 1 heterocycles. The topological polar surface area (TPSA) is 121 Å². The fourth-order valence-electron chi connectivity index (χ4n) is 1.38. The van der Waals surface area contributed by atoms with Crippen LogP contribution in [0.4, 0.5) is 5.69 Å². The van der Waals surface area contributed by atoms with Crippen LogP contribution < -0.4 is 0 Å². The normalized spacial score (nSPS) is 10.6. The summed E-state index contributed by atoms with van der Waals surface area (Å²) in [6, 6.07) is 8.42. The molecule has 0 aliphatic rings. The van der Waals surface area contributed by atoms with E-state index in [4.69, 9.17) is 5.11 Å². The maximum Gasteiger partial charge on any atom is 0.286 e. The van der Waals surface area contributed by atoms with Crippen molar-refractivity contribution in [1.29, 1.82) is 0 Å². The summed E-state index contributed by atoms with van der Waals surface area (Å²) in [4.78, 5) is 9.81. The molecule has 0 fully saturated rings. The van der Waals surface area contributed by atoms with Gasteiger partial charge in [0.2, 0.25) is 0 Å². The van der Waals surface area contributed by atoms with Gasteiger partial charge >= 0.3 is 0 Å². The molecule has 21 heavy (non-hydrogen) atoms. The second kappa shape index (κ2) is 7.84. The summed E-state index contributed by atoms with van der Waals surface area (Å²) in [6.45, 7) is 0.264. The van der Waals surface area contributed by atoms with Gasteiger partial charge in [-0.2, -0.15) is 0 Å². The van der Waals surface area contributed by atoms with Gasteiger partial charge in [-0.3, -0.25) is 10.1 Å². The van der Waals surface area contributed by atoms with Gasteiger partial charge in [0.25, 0.3) is 5.69 Å². The van der Waals surface area contributed by atoms with E-state index in [1.807, 2.05) is 17.5 Å². The standard InChI is InChI=1S/C6H5NO5S.C6H8OS/c8-7(9)5-3-1-2-4-6(5)13(10,11)12;7-4-3-6-2-1-5-8-6/h1-4H,(H,10,11,12);1-2,5,7H,3-4H2/p-1. The van der Waals surface area contributed by atoms with E-state index < -0.39 is 25.6 Å². The van der Waals surface area contributed by atoms with Crippen molar-refractivity contribution in [2.24, 2.45) is 0 Å². The number of aliphatic hydroxyl groups is 1. The number of nitro groups is 1. The predicted octanol–water partition coefficient (Wildman–Crippen LogP) is 1.78. The van der Waals surface area contributed by atoms with E-state index >= 15 is 0 Å². The average Bonchev–Trinajstić information content (AvgIpc) is 2.92. The largest absolute Gasteiger partial charge is 0.744 e. The molecule has 0 spiro atoms. The van der Waals surface area contributed by atoms with Crippen LogP contribution in [-0.2, 0) is 16.5 Å². The number of hydrogen-bond donors (Lipinski definition) is 1. The Labute approximate surface area is 125 Å². The van der Waals surface area contributed by atoms with Gasteiger partial charge in [0.05, 0.1) is 4.92 Å². The van der Waals surface area contributed by atoms with E-state index in [0.29, 0.717) is 0 Å². The van der Waals surface area contributed by atoms with Crippen LogP contribution in [0.3, 0.4) is 0 Å². The van der Waals surface area contributed by atoms with Crippen LogP contribution >= 0.6 is 11.3 Å². The Morgan fingerprint density at radius 2 is 1.86 bits per heavy atom. The van der Waals surface area contributed by atoms with Crippen molar-refractivity contribution in [3.05, 3.63) is 56.8 Å². The minimum Gasteiger partial charge on any atom is -0.744 e. The molecule has 0 unspecified atom stereocenters. The van der Waals surface area contributed by atoms with Crippen LogP contribution in [0.25, 0.3) is 0 Å². The molecule has 2 rings (SSSR count). The molecule has 0 amide bonds. The Bertz CT molecular complexity index is 682. The van der Waals surface area contributed by atoms with Crippen LogP contribution in [-0.4, -0.2) is 29.6 Å². The van der Waals surface area contributed by atoms with Gasteiger partial charge in [-0.15, -0.1) is 11.3 Å². The number of para-hydroxylation sites is 1. The highest BCUT2D eigenvalue weighted by Crippen LogP contribution is 2.21. The van der Waals surface area contributed by atoms with Gasteiger partial charge in [0, 0.05) is 24.0 Å². The van der Waals surface area contributed by atoms with E-state index in [9.17, 15) is 23.1 Å². The van der Waals surface area contributed by atoms with Crippen molar-refractivity contribution in [3.63, 3.8) is 0 Å². The van der Waals surface area contributed by atoms with Crippen molar-refractivity contribution in [3.8, 4) is 0 Å². The molecule has 1 aromatic heterocycles. The molecule has 0 saturated heterocycles. The first-order valence-electron chi connectivity index (χ1n) is 5.69. The number of hydrogen-bond acceptors (Lipinski definition) is 7. The van der Waals surface area contributed by atoms with Gasteiger partial charge in [0.15, 0.2) is 0 Å². The molecule has 2 aromatic rings. The molecular weight excluding hydrogens is 318 g/mol. The lowest BCUT2D eigenvalue weighted by Crippen LogP contribution is -2.02. The number of nitro benzene ring substituents is 1. The van der Waals surface area contributed by atoms with E-state index in [-0.39, 0.29) is 6.61 Å². The Kier molecular flexibility index (Phi) is 6.43. The van der Waals surface area contributed by atoms with Crippen LogP contribution in [0.5, 0.6) is 0 Å². The monoisotopic (exact) mass is 330 g/mol. The summed E-state index contributed by atoms with van der Waals surface area (Å²) >= 11 is 1.69. The van der Waals surface area contributed by atoms with Crippen molar-refractivity contribution in [1.82, 2.24) is 0 Å². The van der Waals surface area contributed by atoms with Crippen molar-refractivity contribution in [2.75, 3.05) is 6.61 Å². The van der Waals surface area contributed by atoms with Crippen LogP contribution in [0.15, 0.2) is 46.7 Å². The molecule has 7 nitrogen and oxygen atoms in total. The summed E-state index contributed by atoms with van der Waals surface area (Å²) in [5.41, 5.74) is -0.697. The molecule has 114 valence electrons. The lowest BCUT2D eigenvalue weighted by molar-refractivity contribution is -0.387. The minimum atomic E-state index is -4.77. The quantitative estimate of drug-likeness (QED) is 0.518. The molecular formula is C12H12NO6S2-. The van der Waals surface area contributed by atoms with Gasteiger partial charge < -0.3 is 9.66 Å². The Morgan fingerprint density at radius 1 is 1.19 bits per heavy atom. The zero-order valence-electron chi connectivity index (χ0n) is 10.7. The van der Waals surface area contributed by atoms with Crippen LogP contribution in [0.1, 0.15) is 4.88 Å². The molecule has 0 atom stereocenters. The molecule has 1 aromatic carbocycles. The third kappa shape index (κ3) is 5.60. The highest BCUT2D eigenvalue weighted by atomic mass is 32.2. The number of nitrogens with zero attached hydrogens (tertiary/aromatic N) is 1. The summed E-state index contributed by atoms with van der Waals surface area (Å²) < 4.78 is 31.5. The first kappa shape index (κ1) is 17.2. The van der Waals surface area contributed by atoms with E-state index in [0.717, 1.165) is 18.6 Å². The fourth-order valence-corrected chi connectivity index (χ4v) is 2.73. The van der Waals surface area contributed by atoms with Gasteiger partial charge in [-0.05, 0) is 17.5 Å². The third-order valence-electron chi connectivity index (χ3n) is 2.27. The van der Waals surface area contributed by atoms with Crippen LogP contribution in [0, 0.1) is 10.1 Å². The lowest BCUT2D eigenvalue weighted by Gasteiger charge is -2.06. The predicted molar refractivity (Wildman–Crippen MR) is 76.2 cm³/mol. The van der Waals surface area contributed by atoms with Crippen LogP contribution in [0.2, 0.25) is 0 Å². The first-order chi connectivity index (χ1) is 9.86. The smallest absolute Gasteiger partial charge is 0.286 e. The SMILES string of the molecule is O=[N+]([O-])c1ccccc1S(=O)(=O)[O-].OCCc1cccs1. The molecule has 0 aliphatic heterocycles. The highest BCUT2D eigenvalue weighted by Gasteiger charge is 2.16. The lowest BCUT2D eigenvalue weighted by atomic mass is 10.3. The second-order valence-corrected chi connectivity index (χ2v) is 6.11. The Morgan fingerprint density at radius 3 is 2.29 bits per heavy atom. The van der Waals surface area contributed by atoms with Gasteiger partial charge in [-0.1, -0.05) is 18.2 Å². The summed E-state index contributed by atoms with van der Waals surface area (Å²) in [6.07, 6.45) is 0.803. The molecule has 1 N–H and O–H groups in total. The van der Waals surface area contributed by atoms with Crippen molar-refractivity contribution >= 4 is 27.1 Å². The minimum absolute atomic E-state index is 0.264. The maximum absolute atomic E-state index is 10.5. The first-order valence-corrected chi connectivity index (χ1v) is 7.97. The number of benzene rings is 1. The zero-order valence-corrected chi connectivity index (χ0v) is 12.3. The summed E-state index contributed by atoms with van der Waals surface area (Å²) in [7, 11) is -4.77. The van der Waals surface area contributed by atoms with E-state index in [1.54, 1.807) is 11.3 Å². The van der Waals surface area contributed by atoms with Gasteiger partial charge in [0.1, 0.15) is 15.0 Å².